The Morgan fingerprint density at radius 2 is 1.74 bits per heavy atom. The third kappa shape index (κ3) is 6.17. The number of ketones is 1. The zero-order valence-electron chi connectivity index (χ0n) is 20.2. The number of anilines is 2. The molecule has 0 aliphatic carbocycles. The standard InChI is InChI=1S/C27H21ClF3N5O3/c28-20-12-18(5-6-19(20)27(29,30)31)35-26(38)34-17-3-1-2-15(10-17)25(37)16-4-7-21-22(11-16)33-13-23(36-21)24-14-32-8-9-39-24/h1-7,10-13,24,32H,8-9,14H2,(H2,34,35,38). The van der Waals surface area contributed by atoms with Crippen LogP contribution in [0.3, 0.4) is 0 Å². The minimum Gasteiger partial charge on any atom is -0.369 e. The van der Waals surface area contributed by atoms with Crippen molar-refractivity contribution in [1.82, 2.24) is 15.3 Å². The number of benzene rings is 3. The molecule has 200 valence electrons. The number of hydrogen-bond donors (Lipinski definition) is 3. The summed E-state index contributed by atoms with van der Waals surface area (Å²) >= 11 is 5.71. The van der Waals surface area contributed by atoms with Crippen LogP contribution in [0, 0.1) is 0 Å². The van der Waals surface area contributed by atoms with Crippen molar-refractivity contribution in [1.29, 1.82) is 0 Å². The number of ether oxygens (including phenoxy) is 1. The van der Waals surface area contributed by atoms with Gasteiger partial charge in [-0.3, -0.25) is 9.78 Å². The second kappa shape index (κ2) is 11.0. The van der Waals surface area contributed by atoms with E-state index in [4.69, 9.17) is 16.3 Å². The first-order valence-electron chi connectivity index (χ1n) is 11.9. The first-order chi connectivity index (χ1) is 18.7. The van der Waals surface area contributed by atoms with Gasteiger partial charge in [0.15, 0.2) is 5.78 Å². The van der Waals surface area contributed by atoms with Gasteiger partial charge in [-0.2, -0.15) is 13.2 Å². The number of carbonyl (C=O) groups excluding carboxylic acids is 2. The van der Waals surface area contributed by atoms with E-state index in [9.17, 15) is 22.8 Å². The predicted octanol–water partition coefficient (Wildman–Crippen LogP) is 5.84. The van der Waals surface area contributed by atoms with Crippen LogP contribution in [0.1, 0.15) is 33.3 Å². The maximum Gasteiger partial charge on any atom is 0.417 e. The van der Waals surface area contributed by atoms with Gasteiger partial charge in [0.05, 0.1) is 40.1 Å². The summed E-state index contributed by atoms with van der Waals surface area (Å²) in [6.07, 6.45) is -3.14. The van der Waals surface area contributed by atoms with Gasteiger partial charge in [-0.25, -0.2) is 9.78 Å². The van der Waals surface area contributed by atoms with Crippen molar-refractivity contribution < 1.29 is 27.5 Å². The number of rotatable bonds is 5. The van der Waals surface area contributed by atoms with Gasteiger partial charge in [-0.1, -0.05) is 23.7 Å². The number of fused-ring (bicyclic) bond motifs is 1. The molecule has 1 unspecified atom stereocenters. The van der Waals surface area contributed by atoms with Gasteiger partial charge < -0.3 is 20.7 Å². The average Bonchev–Trinajstić information content (AvgIpc) is 2.92. The molecule has 1 aliphatic rings. The number of halogens is 4. The van der Waals surface area contributed by atoms with Crippen LogP contribution in [-0.2, 0) is 10.9 Å². The maximum atomic E-state index is 13.2. The molecule has 3 N–H and O–H groups in total. The summed E-state index contributed by atoms with van der Waals surface area (Å²) in [5.74, 6) is -0.291. The van der Waals surface area contributed by atoms with E-state index >= 15 is 0 Å². The number of aromatic nitrogens is 2. The number of alkyl halides is 3. The van der Waals surface area contributed by atoms with Gasteiger partial charge in [0.25, 0.3) is 0 Å². The Bertz CT molecular complexity index is 1560. The van der Waals surface area contributed by atoms with Crippen LogP contribution < -0.4 is 16.0 Å². The van der Waals surface area contributed by atoms with E-state index in [1.165, 1.54) is 6.07 Å². The zero-order valence-corrected chi connectivity index (χ0v) is 20.9. The number of nitrogens with one attached hydrogen (secondary N) is 3. The van der Waals surface area contributed by atoms with E-state index in [1.54, 1.807) is 42.6 Å². The van der Waals surface area contributed by atoms with Gasteiger partial charge in [-0.05, 0) is 48.5 Å². The molecule has 8 nitrogen and oxygen atoms in total. The second-order valence-electron chi connectivity index (χ2n) is 8.74. The topological polar surface area (TPSA) is 105 Å². The lowest BCUT2D eigenvalue weighted by Gasteiger charge is -2.22. The molecule has 5 rings (SSSR count). The van der Waals surface area contributed by atoms with E-state index in [1.807, 2.05) is 0 Å². The van der Waals surface area contributed by atoms with Crippen molar-refractivity contribution in [2.45, 2.75) is 12.3 Å². The molecule has 1 atom stereocenters. The summed E-state index contributed by atoms with van der Waals surface area (Å²) in [4.78, 5) is 34.7. The highest BCUT2D eigenvalue weighted by molar-refractivity contribution is 6.31. The fourth-order valence-electron chi connectivity index (χ4n) is 4.10. The third-order valence-corrected chi connectivity index (χ3v) is 6.31. The van der Waals surface area contributed by atoms with Gasteiger partial charge >= 0.3 is 12.2 Å². The molecule has 2 heterocycles. The first kappa shape index (κ1) is 26.5. The molecule has 4 aromatic rings. The van der Waals surface area contributed by atoms with Crippen LogP contribution in [-0.4, -0.2) is 41.5 Å². The Kier molecular flexibility index (Phi) is 7.47. The average molecular weight is 556 g/mol. The van der Waals surface area contributed by atoms with Crippen LogP contribution in [0.2, 0.25) is 5.02 Å². The number of hydrogen-bond acceptors (Lipinski definition) is 6. The summed E-state index contributed by atoms with van der Waals surface area (Å²) < 4.78 is 44.4. The largest absolute Gasteiger partial charge is 0.417 e. The van der Waals surface area contributed by atoms with E-state index in [0.717, 1.165) is 24.7 Å². The predicted molar refractivity (Wildman–Crippen MR) is 140 cm³/mol. The Morgan fingerprint density at radius 1 is 0.974 bits per heavy atom. The van der Waals surface area contributed by atoms with Gasteiger partial charge in [0, 0.05) is 35.6 Å². The minimum atomic E-state index is -4.60. The lowest BCUT2D eigenvalue weighted by atomic mass is 10.0. The molecule has 3 aromatic carbocycles. The molecule has 0 bridgehead atoms. The van der Waals surface area contributed by atoms with Crippen LogP contribution in [0.5, 0.6) is 0 Å². The van der Waals surface area contributed by atoms with Crippen molar-refractivity contribution >= 4 is 45.8 Å². The van der Waals surface area contributed by atoms with Crippen molar-refractivity contribution in [3.05, 3.63) is 94.3 Å². The highest BCUT2D eigenvalue weighted by atomic mass is 35.5. The zero-order chi connectivity index (χ0) is 27.6. The molecule has 0 saturated carbocycles. The fourth-order valence-corrected chi connectivity index (χ4v) is 4.39. The molecule has 12 heteroatoms. The number of nitrogens with zero attached hydrogens (tertiary/aromatic N) is 2. The summed E-state index contributed by atoms with van der Waals surface area (Å²) in [6, 6.07) is 13.5. The van der Waals surface area contributed by atoms with E-state index in [-0.39, 0.29) is 17.6 Å². The smallest absolute Gasteiger partial charge is 0.369 e. The van der Waals surface area contributed by atoms with Crippen LogP contribution in [0.15, 0.2) is 66.9 Å². The maximum absolute atomic E-state index is 13.2. The van der Waals surface area contributed by atoms with E-state index < -0.39 is 22.8 Å². The Balaban J connectivity index is 1.28. The first-order valence-corrected chi connectivity index (χ1v) is 12.2. The number of carbonyl (C=O) groups is 2. The third-order valence-electron chi connectivity index (χ3n) is 6.00. The molecule has 0 spiro atoms. The van der Waals surface area contributed by atoms with Crippen molar-refractivity contribution in [2.24, 2.45) is 0 Å². The van der Waals surface area contributed by atoms with Gasteiger partial charge in [0.2, 0.25) is 0 Å². The van der Waals surface area contributed by atoms with E-state index in [2.05, 4.69) is 25.9 Å². The Hall–Kier alpha value is -4.06. The molecule has 1 aliphatic heterocycles. The van der Waals surface area contributed by atoms with Gasteiger partial charge in [-0.15, -0.1) is 0 Å². The molecule has 1 aromatic heterocycles. The van der Waals surface area contributed by atoms with Gasteiger partial charge in [0.1, 0.15) is 6.10 Å². The molecule has 2 amide bonds. The quantitative estimate of drug-likeness (QED) is 0.267. The normalized spacial score (nSPS) is 15.6. The molecule has 39 heavy (non-hydrogen) atoms. The minimum absolute atomic E-state index is 0.0736. The molecule has 1 fully saturated rings. The Morgan fingerprint density at radius 3 is 2.46 bits per heavy atom. The Labute approximate surface area is 225 Å². The lowest BCUT2D eigenvalue weighted by Crippen LogP contribution is -2.33. The summed E-state index contributed by atoms with van der Waals surface area (Å²) in [7, 11) is 0. The fraction of sp³-hybridized carbons (Fsp3) is 0.185. The summed E-state index contributed by atoms with van der Waals surface area (Å²) in [5, 5.41) is 7.70. The van der Waals surface area contributed by atoms with Crippen molar-refractivity contribution in [3.63, 3.8) is 0 Å². The monoisotopic (exact) mass is 555 g/mol. The number of morpholine rings is 1. The molecule has 0 radical (unpaired) electrons. The van der Waals surface area contributed by atoms with E-state index in [0.29, 0.717) is 46.7 Å². The van der Waals surface area contributed by atoms with Crippen LogP contribution in [0.4, 0.5) is 29.3 Å². The SMILES string of the molecule is O=C(Nc1cccc(C(=O)c2ccc3nc(C4CNCCO4)cnc3c2)c1)Nc1ccc(C(F)(F)F)c(Cl)c1. The molecular weight excluding hydrogens is 535 g/mol. The highest BCUT2D eigenvalue weighted by Gasteiger charge is 2.33. The molecule has 1 saturated heterocycles. The number of amides is 2. The summed E-state index contributed by atoms with van der Waals surface area (Å²) in [6.45, 7) is 2.03. The van der Waals surface area contributed by atoms with Crippen molar-refractivity contribution in [2.75, 3.05) is 30.3 Å². The highest BCUT2D eigenvalue weighted by Crippen LogP contribution is 2.35. The van der Waals surface area contributed by atoms with Crippen molar-refractivity contribution in [3.8, 4) is 0 Å². The summed E-state index contributed by atoms with van der Waals surface area (Å²) in [5.41, 5.74) is 1.98. The lowest BCUT2D eigenvalue weighted by molar-refractivity contribution is -0.137. The van der Waals surface area contributed by atoms with Crippen LogP contribution >= 0.6 is 11.6 Å². The second-order valence-corrected chi connectivity index (χ2v) is 9.15. The molecular formula is C27H21ClF3N5O3. The van der Waals surface area contributed by atoms with Crippen LogP contribution in [0.25, 0.3) is 11.0 Å². The number of urea groups is 1.